The van der Waals surface area contributed by atoms with E-state index in [1.54, 1.807) is 0 Å². The van der Waals surface area contributed by atoms with Crippen molar-refractivity contribution >= 4 is 0 Å². The summed E-state index contributed by atoms with van der Waals surface area (Å²) in [4.78, 5) is 12.9. The lowest BCUT2D eigenvalue weighted by atomic mass is 9.81. The van der Waals surface area contributed by atoms with Crippen LogP contribution in [0.1, 0.15) is 22.8 Å². The fraction of sp³-hybridized carbons (Fsp3) is 0.294. The van der Waals surface area contributed by atoms with Crippen LogP contribution >= 0.6 is 0 Å². The van der Waals surface area contributed by atoms with E-state index >= 15 is 0 Å². The van der Waals surface area contributed by atoms with E-state index in [1.807, 2.05) is 0 Å². The summed E-state index contributed by atoms with van der Waals surface area (Å²) in [5, 5.41) is 2.58. The highest BCUT2D eigenvalue weighted by molar-refractivity contribution is 5.49. The highest BCUT2D eigenvalue weighted by Gasteiger charge is 2.41. The Balaban J connectivity index is 2.17. The van der Waals surface area contributed by atoms with Crippen molar-refractivity contribution in [1.82, 2.24) is 25.3 Å². The largest absolute Gasteiger partial charge is 0.451 e. The van der Waals surface area contributed by atoms with Gasteiger partial charge in [0.2, 0.25) is 11.6 Å². The predicted molar refractivity (Wildman–Crippen MR) is 89.2 cm³/mol. The quantitative estimate of drug-likeness (QED) is 0.693. The predicted octanol–water partition coefficient (Wildman–Crippen LogP) is 3.19. The molecule has 0 fully saturated rings. The average Bonchev–Trinajstić information content (AvgIpc) is 2.72. The first-order valence-corrected chi connectivity index (χ1v) is 8.36. The minimum absolute atomic E-state index is 0.0893. The lowest BCUT2D eigenvalue weighted by molar-refractivity contribution is -0.145. The van der Waals surface area contributed by atoms with Gasteiger partial charge in [0.1, 0.15) is 5.54 Å². The second-order valence-corrected chi connectivity index (χ2v) is 6.31. The molecule has 0 spiro atoms. The molecule has 0 unspecified atom stereocenters. The normalized spacial score (nSPS) is 16.6. The summed E-state index contributed by atoms with van der Waals surface area (Å²) in [7, 11) is 0. The maximum Gasteiger partial charge on any atom is 0.451 e. The lowest BCUT2D eigenvalue weighted by Gasteiger charge is -2.36. The highest BCUT2D eigenvalue weighted by atomic mass is 19.4. The van der Waals surface area contributed by atoms with Crippen LogP contribution in [0.5, 0.6) is 0 Å². The molecule has 3 heterocycles. The number of nitrogens with two attached hydrogens (primary N) is 1. The molecule has 0 aromatic carbocycles. The molecule has 0 atom stereocenters. The topological polar surface area (TPSA) is 89.6 Å². The molecular weight excluding hydrogens is 440 g/mol. The minimum atomic E-state index is -4.84. The number of alkyl halides is 8. The van der Waals surface area contributed by atoms with Gasteiger partial charge < -0.3 is 11.1 Å². The zero-order valence-corrected chi connectivity index (χ0v) is 15.1. The molecule has 2 aromatic heterocycles. The van der Waals surface area contributed by atoms with Crippen LogP contribution in [0.15, 0.2) is 48.2 Å². The van der Waals surface area contributed by atoms with E-state index in [-0.39, 0.29) is 23.2 Å². The maximum absolute atomic E-state index is 13.3. The first-order valence-electron chi connectivity index (χ1n) is 8.36. The molecule has 0 amide bonds. The van der Waals surface area contributed by atoms with E-state index < -0.39 is 41.5 Å². The monoisotopic (exact) mass is 452 g/mol. The zero-order chi connectivity index (χ0) is 23.0. The summed E-state index contributed by atoms with van der Waals surface area (Å²) in [6.45, 7) is -0.386. The number of hydrogen-bond donors (Lipinski definition) is 2. The van der Waals surface area contributed by atoms with Gasteiger partial charge in [-0.3, -0.25) is 0 Å². The van der Waals surface area contributed by atoms with Crippen LogP contribution in [0.25, 0.3) is 0 Å². The smallest absolute Gasteiger partial charge is 0.374 e. The van der Waals surface area contributed by atoms with Crippen LogP contribution in [0, 0.1) is 0 Å². The van der Waals surface area contributed by atoms with Crippen LogP contribution in [0.2, 0.25) is 0 Å². The summed E-state index contributed by atoms with van der Waals surface area (Å²) in [5.74, 6) is -2.92. The van der Waals surface area contributed by atoms with Crippen molar-refractivity contribution in [3.05, 3.63) is 71.0 Å². The van der Waals surface area contributed by atoms with Crippen LogP contribution in [-0.2, 0) is 17.9 Å². The Morgan fingerprint density at radius 2 is 1.26 bits per heavy atom. The van der Waals surface area contributed by atoms with Crippen molar-refractivity contribution in [2.75, 3.05) is 6.54 Å². The average molecular weight is 452 g/mol. The van der Waals surface area contributed by atoms with Gasteiger partial charge in [-0.05, 0) is 11.6 Å². The Hall–Kier alpha value is -3.16. The Bertz CT molecular complexity index is 936. The van der Waals surface area contributed by atoms with Gasteiger partial charge in [-0.1, -0.05) is 0 Å². The molecule has 0 saturated carbocycles. The van der Waals surface area contributed by atoms with E-state index in [2.05, 4.69) is 25.3 Å². The lowest BCUT2D eigenvalue weighted by Crippen LogP contribution is -2.43. The summed E-state index contributed by atoms with van der Waals surface area (Å²) in [5.41, 5.74) is 3.02. The molecule has 166 valence electrons. The van der Waals surface area contributed by atoms with Crippen molar-refractivity contribution in [2.45, 2.75) is 24.3 Å². The van der Waals surface area contributed by atoms with Gasteiger partial charge >= 0.3 is 12.4 Å². The Labute approximate surface area is 168 Å². The Kier molecular flexibility index (Phi) is 5.69. The van der Waals surface area contributed by atoms with Crippen LogP contribution < -0.4 is 11.1 Å². The van der Waals surface area contributed by atoms with Gasteiger partial charge in [0.25, 0.3) is 6.43 Å². The third-order valence-electron chi connectivity index (χ3n) is 4.39. The van der Waals surface area contributed by atoms with E-state index in [1.165, 1.54) is 0 Å². The van der Waals surface area contributed by atoms with Gasteiger partial charge in [0.05, 0.1) is 0 Å². The van der Waals surface area contributed by atoms with Gasteiger partial charge in [-0.2, -0.15) is 26.3 Å². The molecule has 0 radical (unpaired) electrons. The van der Waals surface area contributed by atoms with E-state index in [0.717, 1.165) is 37.1 Å². The number of nitrogens with zero attached hydrogens (tertiary/aromatic N) is 4. The van der Waals surface area contributed by atoms with E-state index in [4.69, 9.17) is 5.73 Å². The molecule has 1 aliphatic rings. The van der Waals surface area contributed by atoms with E-state index in [0.29, 0.717) is 0 Å². The number of halogens is 8. The van der Waals surface area contributed by atoms with Gasteiger partial charge in [-0.25, -0.2) is 28.7 Å². The molecule has 3 N–H and O–H groups in total. The second-order valence-electron chi connectivity index (χ2n) is 6.31. The molecule has 6 nitrogen and oxygen atoms in total. The molecule has 2 aromatic rings. The maximum atomic E-state index is 13.3. The molecular formula is C17H12F8N6. The standard InChI is InChI=1S/C17H12F8N6/c18-12(19)11-7-31-15(1-8(11)2-26,9-3-27-13(28-4-9)16(20,21)22)10-5-29-14(30-6-10)17(23,24)25/h1,3-7,12,31H,2,26H2. The summed E-state index contributed by atoms with van der Waals surface area (Å²) >= 11 is 0. The summed E-state index contributed by atoms with van der Waals surface area (Å²) in [6.07, 6.45) is -7.52. The first kappa shape index (κ1) is 22.5. The Morgan fingerprint density at radius 3 is 1.58 bits per heavy atom. The number of aromatic nitrogens is 4. The van der Waals surface area contributed by atoms with Crippen molar-refractivity contribution < 1.29 is 35.1 Å². The van der Waals surface area contributed by atoms with Crippen molar-refractivity contribution in [2.24, 2.45) is 5.73 Å². The third-order valence-corrected chi connectivity index (χ3v) is 4.39. The number of dihydropyridines is 1. The number of hydrogen-bond acceptors (Lipinski definition) is 6. The molecule has 0 saturated heterocycles. The van der Waals surface area contributed by atoms with Crippen LogP contribution in [0.4, 0.5) is 35.1 Å². The van der Waals surface area contributed by atoms with Crippen LogP contribution in [0.3, 0.4) is 0 Å². The Morgan fingerprint density at radius 1 is 0.839 bits per heavy atom. The van der Waals surface area contributed by atoms with Crippen molar-refractivity contribution in [1.29, 1.82) is 0 Å². The number of rotatable bonds is 4. The van der Waals surface area contributed by atoms with E-state index in [9.17, 15) is 35.1 Å². The molecule has 0 bridgehead atoms. The summed E-state index contributed by atoms with van der Waals surface area (Å²) < 4.78 is 103. The fourth-order valence-corrected chi connectivity index (χ4v) is 2.91. The van der Waals surface area contributed by atoms with Crippen molar-refractivity contribution in [3.63, 3.8) is 0 Å². The molecule has 14 heteroatoms. The number of nitrogens with one attached hydrogen (secondary N) is 1. The molecule has 31 heavy (non-hydrogen) atoms. The summed E-state index contributed by atoms with van der Waals surface area (Å²) in [6, 6.07) is 0. The second kappa shape index (κ2) is 7.83. The van der Waals surface area contributed by atoms with Crippen LogP contribution in [-0.4, -0.2) is 32.9 Å². The molecule has 3 rings (SSSR count). The third kappa shape index (κ3) is 4.33. The first-order chi connectivity index (χ1) is 14.4. The molecule has 1 aliphatic heterocycles. The fourth-order valence-electron chi connectivity index (χ4n) is 2.91. The SMILES string of the molecule is NCC1=CC(c2cnc(C(F)(F)F)nc2)(c2cnc(C(F)(F)F)nc2)NC=C1C(F)F. The van der Waals surface area contributed by atoms with Gasteiger partial charge in [0.15, 0.2) is 0 Å². The van der Waals surface area contributed by atoms with Crippen molar-refractivity contribution in [3.8, 4) is 0 Å². The van der Waals surface area contributed by atoms with Gasteiger partial charge in [-0.15, -0.1) is 0 Å². The zero-order valence-electron chi connectivity index (χ0n) is 15.1. The van der Waals surface area contributed by atoms with Gasteiger partial charge in [0, 0.05) is 54.2 Å². The highest BCUT2D eigenvalue weighted by Crippen LogP contribution is 2.38. The minimum Gasteiger partial charge on any atom is -0.374 e. The molecule has 0 aliphatic carbocycles.